The molecule has 0 bridgehead atoms. The lowest BCUT2D eigenvalue weighted by Crippen LogP contribution is -2.11. The largest absolute Gasteiger partial charge is 0.118 e. The molecule has 0 saturated carbocycles. The van der Waals surface area contributed by atoms with Crippen LogP contribution < -0.4 is 0 Å². The molecule has 0 aromatic rings. The topological polar surface area (TPSA) is 0 Å². The van der Waals surface area contributed by atoms with Crippen LogP contribution in [0.4, 0.5) is 0 Å². The van der Waals surface area contributed by atoms with Crippen molar-refractivity contribution in [2.24, 2.45) is 5.92 Å². The predicted molar refractivity (Wildman–Crippen MR) is 37.2 cm³/mol. The fraction of sp³-hybridized carbons (Fsp3) is 0.714. The van der Waals surface area contributed by atoms with Crippen molar-refractivity contribution in [2.75, 3.05) is 0 Å². The zero-order chi connectivity index (χ0) is 5.98. The van der Waals surface area contributed by atoms with Gasteiger partial charge in [-0.25, -0.2) is 0 Å². The maximum atomic E-state index is 5.88. The molecule has 0 aromatic heterocycles. The maximum Gasteiger partial charge on any atom is 0.0541 e. The van der Waals surface area contributed by atoms with E-state index in [0.29, 0.717) is 11.3 Å². The fourth-order valence-corrected chi connectivity index (χ4v) is 1.16. The van der Waals surface area contributed by atoms with Gasteiger partial charge in [0.25, 0.3) is 0 Å². The smallest absolute Gasteiger partial charge is 0.0541 e. The molecular formula is C7H11Cl. The lowest BCUT2D eigenvalue weighted by atomic mass is 9.96. The van der Waals surface area contributed by atoms with Crippen LogP contribution in [0.3, 0.4) is 0 Å². The van der Waals surface area contributed by atoms with Crippen LogP contribution in [0.25, 0.3) is 0 Å². The number of alkyl halides is 1. The molecule has 0 saturated heterocycles. The Morgan fingerprint density at radius 3 is 2.75 bits per heavy atom. The number of allylic oxidation sites excluding steroid dienone is 2. The van der Waals surface area contributed by atoms with Gasteiger partial charge in [0.2, 0.25) is 0 Å². The number of hydrogen-bond donors (Lipinski definition) is 0. The molecule has 1 heteroatoms. The summed E-state index contributed by atoms with van der Waals surface area (Å²) in [5.74, 6) is 0.682. The first-order valence-corrected chi connectivity index (χ1v) is 3.55. The molecule has 8 heavy (non-hydrogen) atoms. The van der Waals surface area contributed by atoms with Gasteiger partial charge >= 0.3 is 0 Å². The normalized spacial score (nSPS) is 37.8. The lowest BCUT2D eigenvalue weighted by molar-refractivity contribution is 0.533. The van der Waals surface area contributed by atoms with Gasteiger partial charge in [0, 0.05) is 0 Å². The Morgan fingerprint density at radius 1 is 1.62 bits per heavy atom. The van der Waals surface area contributed by atoms with E-state index in [2.05, 4.69) is 19.1 Å². The molecule has 0 N–H and O–H groups in total. The van der Waals surface area contributed by atoms with Gasteiger partial charge < -0.3 is 0 Å². The van der Waals surface area contributed by atoms with Crippen molar-refractivity contribution in [3.05, 3.63) is 12.2 Å². The SMILES string of the molecule is CC1CCC=CC1Cl. The van der Waals surface area contributed by atoms with E-state index in [4.69, 9.17) is 11.6 Å². The van der Waals surface area contributed by atoms with Crippen LogP contribution in [-0.4, -0.2) is 5.38 Å². The van der Waals surface area contributed by atoms with Gasteiger partial charge in [-0.2, -0.15) is 0 Å². The van der Waals surface area contributed by atoms with Crippen molar-refractivity contribution in [1.82, 2.24) is 0 Å². The molecule has 0 nitrogen and oxygen atoms in total. The van der Waals surface area contributed by atoms with E-state index in [9.17, 15) is 0 Å². The Kier molecular flexibility index (Phi) is 1.95. The van der Waals surface area contributed by atoms with Crippen LogP contribution in [0.15, 0.2) is 12.2 Å². The quantitative estimate of drug-likeness (QED) is 0.349. The van der Waals surface area contributed by atoms with Crippen molar-refractivity contribution in [2.45, 2.75) is 25.1 Å². The third kappa shape index (κ3) is 1.25. The lowest BCUT2D eigenvalue weighted by Gasteiger charge is -2.17. The Hall–Kier alpha value is 0.0300. The highest BCUT2D eigenvalue weighted by molar-refractivity contribution is 6.22. The first-order valence-electron chi connectivity index (χ1n) is 3.11. The number of halogens is 1. The summed E-state index contributed by atoms with van der Waals surface area (Å²) in [5.41, 5.74) is 0. The standard InChI is InChI=1S/C7H11Cl/c1-6-4-2-3-5-7(6)8/h3,5-7H,2,4H2,1H3. The van der Waals surface area contributed by atoms with Gasteiger partial charge in [-0.05, 0) is 18.8 Å². The summed E-state index contributed by atoms with van der Waals surface area (Å²) in [7, 11) is 0. The van der Waals surface area contributed by atoms with Gasteiger partial charge in [-0.15, -0.1) is 11.6 Å². The Balaban J connectivity index is 2.47. The molecule has 1 rings (SSSR count). The minimum atomic E-state index is 0.295. The molecule has 46 valence electrons. The van der Waals surface area contributed by atoms with Gasteiger partial charge in [-0.1, -0.05) is 19.1 Å². The van der Waals surface area contributed by atoms with E-state index < -0.39 is 0 Å². The van der Waals surface area contributed by atoms with Crippen LogP contribution in [-0.2, 0) is 0 Å². The zero-order valence-electron chi connectivity index (χ0n) is 5.10. The number of hydrogen-bond acceptors (Lipinski definition) is 0. The molecule has 0 fully saturated rings. The van der Waals surface area contributed by atoms with Crippen molar-refractivity contribution < 1.29 is 0 Å². The molecule has 1 aliphatic carbocycles. The average Bonchev–Trinajstić information content (AvgIpc) is 1.77. The van der Waals surface area contributed by atoms with E-state index in [1.54, 1.807) is 0 Å². The second-order valence-electron chi connectivity index (χ2n) is 2.43. The summed E-state index contributed by atoms with van der Waals surface area (Å²) < 4.78 is 0. The van der Waals surface area contributed by atoms with E-state index in [-0.39, 0.29) is 0 Å². The van der Waals surface area contributed by atoms with Crippen molar-refractivity contribution in [3.63, 3.8) is 0 Å². The maximum absolute atomic E-state index is 5.88. The van der Waals surface area contributed by atoms with Crippen LogP contribution in [0, 0.1) is 5.92 Å². The van der Waals surface area contributed by atoms with Crippen LogP contribution in [0.1, 0.15) is 19.8 Å². The summed E-state index contributed by atoms with van der Waals surface area (Å²) in [6.45, 7) is 2.20. The molecular weight excluding hydrogens is 120 g/mol. The fourth-order valence-electron chi connectivity index (χ4n) is 0.934. The Morgan fingerprint density at radius 2 is 2.38 bits per heavy atom. The highest BCUT2D eigenvalue weighted by Crippen LogP contribution is 2.21. The summed E-state index contributed by atoms with van der Waals surface area (Å²) in [6.07, 6.45) is 6.72. The van der Waals surface area contributed by atoms with E-state index in [1.807, 2.05) is 0 Å². The predicted octanol–water partition coefficient (Wildman–Crippen LogP) is 2.58. The summed E-state index contributed by atoms with van der Waals surface area (Å²) >= 11 is 5.88. The van der Waals surface area contributed by atoms with Gasteiger partial charge in [-0.3, -0.25) is 0 Å². The Labute approximate surface area is 55.5 Å². The van der Waals surface area contributed by atoms with E-state index >= 15 is 0 Å². The third-order valence-corrected chi connectivity index (χ3v) is 2.23. The highest BCUT2D eigenvalue weighted by Gasteiger charge is 2.12. The molecule has 0 heterocycles. The molecule has 1 aliphatic rings. The minimum Gasteiger partial charge on any atom is -0.118 e. The highest BCUT2D eigenvalue weighted by atomic mass is 35.5. The average molecular weight is 131 g/mol. The second-order valence-corrected chi connectivity index (χ2v) is 2.93. The summed E-state index contributed by atoms with van der Waals surface area (Å²) in [5, 5.41) is 0.295. The van der Waals surface area contributed by atoms with Crippen LogP contribution in [0.2, 0.25) is 0 Å². The zero-order valence-corrected chi connectivity index (χ0v) is 5.86. The Bertz CT molecular complexity index is 96.6. The second kappa shape index (κ2) is 2.54. The molecule has 2 atom stereocenters. The van der Waals surface area contributed by atoms with E-state index in [1.165, 1.54) is 12.8 Å². The monoisotopic (exact) mass is 130 g/mol. The van der Waals surface area contributed by atoms with Crippen molar-refractivity contribution >= 4 is 11.6 Å². The van der Waals surface area contributed by atoms with Gasteiger partial charge in [0.05, 0.1) is 5.38 Å². The van der Waals surface area contributed by atoms with Gasteiger partial charge in [0.15, 0.2) is 0 Å². The van der Waals surface area contributed by atoms with Crippen LogP contribution in [0.5, 0.6) is 0 Å². The van der Waals surface area contributed by atoms with E-state index in [0.717, 1.165) is 0 Å². The molecule has 0 aromatic carbocycles. The summed E-state index contributed by atoms with van der Waals surface area (Å²) in [4.78, 5) is 0. The molecule has 2 unspecified atom stereocenters. The summed E-state index contributed by atoms with van der Waals surface area (Å²) in [6, 6.07) is 0. The third-order valence-electron chi connectivity index (χ3n) is 1.65. The minimum absolute atomic E-state index is 0.295. The van der Waals surface area contributed by atoms with Crippen molar-refractivity contribution in [1.29, 1.82) is 0 Å². The first kappa shape index (κ1) is 6.15. The molecule has 0 amide bonds. The molecule has 0 aliphatic heterocycles. The first-order chi connectivity index (χ1) is 3.80. The van der Waals surface area contributed by atoms with Crippen molar-refractivity contribution in [3.8, 4) is 0 Å². The van der Waals surface area contributed by atoms with Gasteiger partial charge in [0.1, 0.15) is 0 Å². The number of rotatable bonds is 0. The molecule has 0 radical (unpaired) electrons. The van der Waals surface area contributed by atoms with Crippen LogP contribution >= 0.6 is 11.6 Å². The molecule has 0 spiro atoms.